The van der Waals surface area contributed by atoms with Gasteiger partial charge in [-0.25, -0.2) is 4.79 Å². The molecule has 0 radical (unpaired) electrons. The molecular weight excluding hydrogens is 466 g/mol. The summed E-state index contributed by atoms with van der Waals surface area (Å²) in [6.45, 7) is 0.938. The number of aryl methyl sites for hydroxylation is 1. The third kappa shape index (κ3) is 8.24. The van der Waals surface area contributed by atoms with Gasteiger partial charge in [-0.15, -0.1) is 20.4 Å². The molecule has 0 unspecified atom stereocenters. The van der Waals surface area contributed by atoms with Crippen LogP contribution in [0.2, 0.25) is 0 Å². The van der Waals surface area contributed by atoms with Crippen LogP contribution in [0, 0.1) is 6.92 Å². The van der Waals surface area contributed by atoms with E-state index in [1.54, 1.807) is 61.5 Å². The zero-order valence-corrected chi connectivity index (χ0v) is 19.5. The largest absolute Gasteiger partial charge is 0.480 e. The van der Waals surface area contributed by atoms with Crippen molar-refractivity contribution in [3.8, 4) is 11.4 Å². The minimum atomic E-state index is -1.18. The summed E-state index contributed by atoms with van der Waals surface area (Å²) in [5.41, 5.74) is 2.16. The van der Waals surface area contributed by atoms with E-state index in [1.165, 1.54) is 0 Å². The molecule has 3 amide bonds. The third-order valence-corrected chi connectivity index (χ3v) is 4.96. The molecule has 4 N–H and O–H groups in total. The van der Waals surface area contributed by atoms with E-state index in [0.29, 0.717) is 22.8 Å². The Labute approximate surface area is 206 Å². The number of hydrogen-bond donors (Lipinski definition) is 4. The van der Waals surface area contributed by atoms with E-state index in [1.807, 2.05) is 0 Å². The highest BCUT2D eigenvalue weighted by Gasteiger charge is 2.20. The van der Waals surface area contributed by atoms with Crippen molar-refractivity contribution in [2.24, 2.45) is 0 Å². The maximum atomic E-state index is 12.2. The van der Waals surface area contributed by atoms with E-state index in [0.717, 1.165) is 5.56 Å². The summed E-state index contributed by atoms with van der Waals surface area (Å²) in [5.74, 6) is -1.97. The monoisotopic (exact) mass is 491 g/mol. The van der Waals surface area contributed by atoms with Crippen molar-refractivity contribution in [1.29, 1.82) is 0 Å². The van der Waals surface area contributed by atoms with Gasteiger partial charge in [0.15, 0.2) is 5.82 Å². The normalized spacial score (nSPS) is 11.2. The fourth-order valence-corrected chi connectivity index (χ4v) is 3.13. The quantitative estimate of drug-likeness (QED) is 0.284. The molecule has 1 aromatic heterocycles. The van der Waals surface area contributed by atoms with E-state index < -0.39 is 30.4 Å². The average molecular weight is 492 g/mol. The molecule has 12 nitrogen and oxygen atoms in total. The summed E-state index contributed by atoms with van der Waals surface area (Å²) in [5, 5.41) is 32.2. The zero-order chi connectivity index (χ0) is 25.9. The van der Waals surface area contributed by atoms with Crippen molar-refractivity contribution >= 4 is 23.7 Å². The van der Waals surface area contributed by atoms with Crippen LogP contribution in [0.3, 0.4) is 0 Å². The minimum Gasteiger partial charge on any atom is -0.480 e. The smallest absolute Gasteiger partial charge is 0.326 e. The van der Waals surface area contributed by atoms with E-state index in [9.17, 15) is 24.3 Å². The number of nitrogens with zero attached hydrogens (tertiary/aromatic N) is 4. The molecule has 0 aliphatic carbocycles. The molecule has 0 spiro atoms. The summed E-state index contributed by atoms with van der Waals surface area (Å²) < 4.78 is 0. The lowest BCUT2D eigenvalue weighted by molar-refractivity contribution is -0.141. The van der Waals surface area contributed by atoms with Gasteiger partial charge in [0.05, 0.1) is 19.5 Å². The number of carboxylic acid groups (broad SMARTS) is 1. The molecule has 186 valence electrons. The second-order valence-corrected chi connectivity index (χ2v) is 7.85. The van der Waals surface area contributed by atoms with E-state index in [-0.39, 0.29) is 25.3 Å². The average Bonchev–Trinajstić information content (AvgIpc) is 2.87. The predicted molar refractivity (Wildman–Crippen MR) is 127 cm³/mol. The Hall–Kier alpha value is -4.74. The van der Waals surface area contributed by atoms with Gasteiger partial charge in [-0.05, 0) is 18.1 Å². The summed E-state index contributed by atoms with van der Waals surface area (Å²) >= 11 is 0. The lowest BCUT2D eigenvalue weighted by Gasteiger charge is -2.15. The molecule has 12 heteroatoms. The van der Waals surface area contributed by atoms with E-state index in [4.69, 9.17) is 0 Å². The van der Waals surface area contributed by atoms with Gasteiger partial charge in [-0.2, -0.15) is 0 Å². The van der Waals surface area contributed by atoms with E-state index in [2.05, 4.69) is 36.3 Å². The SMILES string of the molecule is Cc1nnc(-c2ccc(CC(=O)NCC(=O)NCC(=O)N[C@@H](Cc3ccccc3)C(=O)O)cc2)nn1. The molecule has 1 atom stereocenters. The van der Waals surface area contributed by atoms with Crippen molar-refractivity contribution in [3.05, 3.63) is 71.5 Å². The van der Waals surface area contributed by atoms with Crippen LogP contribution < -0.4 is 16.0 Å². The number of aromatic nitrogens is 4. The first-order valence-corrected chi connectivity index (χ1v) is 11.0. The Morgan fingerprint density at radius 1 is 0.778 bits per heavy atom. The standard InChI is InChI=1S/C24H25N7O5/c1-15-28-30-23(31-29-15)18-9-7-17(8-10-18)12-20(32)25-13-21(33)26-14-22(34)27-19(24(35)36)11-16-5-3-2-4-6-16/h2-10,19H,11-14H2,1H3,(H,25,32)(H,26,33)(H,27,34)(H,35,36)/t19-/m0/s1. The highest BCUT2D eigenvalue weighted by Crippen LogP contribution is 2.14. The third-order valence-electron chi connectivity index (χ3n) is 4.96. The fourth-order valence-electron chi connectivity index (χ4n) is 3.13. The van der Waals surface area contributed by atoms with Crippen molar-refractivity contribution in [1.82, 2.24) is 36.3 Å². The van der Waals surface area contributed by atoms with Crippen LogP contribution in [-0.4, -0.2) is 68.3 Å². The molecule has 0 fully saturated rings. The zero-order valence-electron chi connectivity index (χ0n) is 19.5. The Morgan fingerprint density at radius 3 is 2.03 bits per heavy atom. The molecule has 0 bridgehead atoms. The minimum absolute atomic E-state index is 0.0408. The number of rotatable bonds is 11. The van der Waals surface area contributed by atoms with Gasteiger partial charge < -0.3 is 21.1 Å². The highest BCUT2D eigenvalue weighted by molar-refractivity contribution is 5.90. The van der Waals surface area contributed by atoms with Crippen molar-refractivity contribution < 1.29 is 24.3 Å². The summed E-state index contributed by atoms with van der Waals surface area (Å²) in [6, 6.07) is 14.7. The lowest BCUT2D eigenvalue weighted by atomic mass is 10.1. The molecule has 0 saturated carbocycles. The number of carbonyl (C=O) groups is 4. The van der Waals surface area contributed by atoms with Gasteiger partial charge in [0.1, 0.15) is 6.04 Å². The van der Waals surface area contributed by atoms with Crippen LogP contribution >= 0.6 is 0 Å². The number of nitrogens with one attached hydrogen (secondary N) is 3. The molecule has 2 aromatic carbocycles. The van der Waals surface area contributed by atoms with E-state index >= 15 is 0 Å². The first-order valence-electron chi connectivity index (χ1n) is 11.0. The second kappa shape index (κ2) is 12.6. The van der Waals surface area contributed by atoms with Crippen LogP contribution in [0.15, 0.2) is 54.6 Å². The van der Waals surface area contributed by atoms with Crippen LogP contribution in [0.5, 0.6) is 0 Å². The van der Waals surface area contributed by atoms with Crippen LogP contribution in [-0.2, 0) is 32.0 Å². The van der Waals surface area contributed by atoms with Gasteiger partial charge in [-0.1, -0.05) is 54.6 Å². The molecule has 36 heavy (non-hydrogen) atoms. The topological polar surface area (TPSA) is 176 Å². The summed E-state index contributed by atoms with van der Waals surface area (Å²) in [6.07, 6.45) is 0.151. The van der Waals surface area contributed by atoms with Gasteiger partial charge in [0.25, 0.3) is 0 Å². The Morgan fingerprint density at radius 2 is 1.39 bits per heavy atom. The second-order valence-electron chi connectivity index (χ2n) is 7.85. The summed E-state index contributed by atoms with van der Waals surface area (Å²) in [7, 11) is 0. The number of hydrogen-bond acceptors (Lipinski definition) is 8. The Bertz CT molecular complexity index is 1200. The van der Waals surface area contributed by atoms with Crippen LogP contribution in [0.25, 0.3) is 11.4 Å². The number of benzene rings is 2. The molecule has 0 aliphatic rings. The first kappa shape index (κ1) is 25.9. The van der Waals surface area contributed by atoms with Crippen LogP contribution in [0.4, 0.5) is 0 Å². The van der Waals surface area contributed by atoms with Crippen molar-refractivity contribution in [2.45, 2.75) is 25.8 Å². The molecular formula is C24H25N7O5. The number of amides is 3. The van der Waals surface area contributed by atoms with Gasteiger partial charge in [0, 0.05) is 12.0 Å². The Kier molecular flexibility index (Phi) is 9.09. The van der Waals surface area contributed by atoms with Gasteiger partial charge in [-0.3, -0.25) is 14.4 Å². The predicted octanol–water partition coefficient (Wildman–Crippen LogP) is -0.171. The van der Waals surface area contributed by atoms with Crippen molar-refractivity contribution in [3.63, 3.8) is 0 Å². The lowest BCUT2D eigenvalue weighted by Crippen LogP contribution is -2.47. The molecule has 3 aromatic rings. The number of carbonyl (C=O) groups excluding carboxylic acids is 3. The maximum Gasteiger partial charge on any atom is 0.326 e. The first-order chi connectivity index (χ1) is 17.3. The summed E-state index contributed by atoms with van der Waals surface area (Å²) in [4.78, 5) is 47.7. The van der Waals surface area contributed by atoms with Crippen LogP contribution in [0.1, 0.15) is 17.0 Å². The molecule has 3 rings (SSSR count). The fraction of sp³-hybridized carbons (Fsp3) is 0.250. The van der Waals surface area contributed by atoms with Gasteiger partial charge >= 0.3 is 5.97 Å². The maximum absolute atomic E-state index is 12.2. The number of aliphatic carboxylic acids is 1. The van der Waals surface area contributed by atoms with Gasteiger partial charge in [0.2, 0.25) is 23.5 Å². The van der Waals surface area contributed by atoms with Crippen molar-refractivity contribution in [2.75, 3.05) is 13.1 Å². The Balaban J connectivity index is 1.38. The molecule has 0 saturated heterocycles. The molecule has 1 heterocycles. The molecule has 0 aliphatic heterocycles. The number of carboxylic acids is 1. The highest BCUT2D eigenvalue weighted by atomic mass is 16.4.